The molecule has 0 atom stereocenters. The van der Waals surface area contributed by atoms with Crippen molar-refractivity contribution < 1.29 is 0 Å². The van der Waals surface area contributed by atoms with Crippen LogP contribution in [0.1, 0.15) is 50.8 Å². The van der Waals surface area contributed by atoms with E-state index in [0.717, 1.165) is 36.1 Å². The maximum absolute atomic E-state index is 13.1. The van der Waals surface area contributed by atoms with E-state index in [1.807, 2.05) is 41.1 Å². The normalized spacial score (nSPS) is 15.4. The third kappa shape index (κ3) is 3.02. The van der Waals surface area contributed by atoms with Crippen molar-refractivity contribution >= 4 is 28.3 Å². The van der Waals surface area contributed by atoms with E-state index in [1.54, 1.807) is 4.52 Å². The molecule has 148 valence electrons. The van der Waals surface area contributed by atoms with Crippen LogP contribution in [-0.2, 0) is 6.42 Å². The standard InChI is InChI=1S/C22H22ClN5O/c1-2-17-19(14-8-10-15(23)11-9-14)21-25-24-20-18(28(21)26-17)12-13-27(22(20)29)16-6-4-3-5-7-16/h8-13,16H,2-7H2,1H3. The highest BCUT2D eigenvalue weighted by molar-refractivity contribution is 6.30. The SMILES string of the molecule is CCc1nn2c(nnc3c(=O)n(C4CCCCC4)ccc32)c1-c1ccc(Cl)cc1. The molecule has 0 unspecified atom stereocenters. The zero-order valence-corrected chi connectivity index (χ0v) is 17.1. The summed E-state index contributed by atoms with van der Waals surface area (Å²) in [5, 5.41) is 14.2. The summed E-state index contributed by atoms with van der Waals surface area (Å²) in [6.07, 6.45) is 8.33. The van der Waals surface area contributed by atoms with Gasteiger partial charge in [0.1, 0.15) is 5.52 Å². The van der Waals surface area contributed by atoms with Gasteiger partial charge >= 0.3 is 0 Å². The van der Waals surface area contributed by atoms with Crippen LogP contribution in [0.3, 0.4) is 0 Å². The number of nitrogens with zero attached hydrogens (tertiary/aromatic N) is 5. The molecule has 29 heavy (non-hydrogen) atoms. The fraction of sp³-hybridized carbons (Fsp3) is 0.364. The summed E-state index contributed by atoms with van der Waals surface area (Å²) in [7, 11) is 0. The van der Waals surface area contributed by atoms with E-state index in [2.05, 4.69) is 17.1 Å². The second kappa shape index (κ2) is 7.26. The highest BCUT2D eigenvalue weighted by atomic mass is 35.5. The Morgan fingerprint density at radius 2 is 1.83 bits per heavy atom. The summed E-state index contributed by atoms with van der Waals surface area (Å²) in [5.41, 5.74) is 4.50. The molecule has 1 saturated carbocycles. The molecule has 0 N–H and O–H groups in total. The zero-order chi connectivity index (χ0) is 20.0. The van der Waals surface area contributed by atoms with Gasteiger partial charge in [-0.05, 0) is 43.0 Å². The van der Waals surface area contributed by atoms with Gasteiger partial charge < -0.3 is 4.57 Å². The summed E-state index contributed by atoms with van der Waals surface area (Å²) in [6.45, 7) is 2.06. The molecule has 1 fully saturated rings. The van der Waals surface area contributed by atoms with Crippen LogP contribution in [0.4, 0.5) is 0 Å². The number of rotatable bonds is 3. The van der Waals surface area contributed by atoms with Gasteiger partial charge in [0.2, 0.25) is 0 Å². The van der Waals surface area contributed by atoms with E-state index < -0.39 is 0 Å². The Morgan fingerprint density at radius 1 is 1.07 bits per heavy atom. The number of pyridine rings is 1. The van der Waals surface area contributed by atoms with Gasteiger partial charge in [-0.25, -0.2) is 4.52 Å². The van der Waals surface area contributed by atoms with Crippen molar-refractivity contribution in [3.8, 4) is 11.1 Å². The molecule has 1 aliphatic carbocycles. The molecule has 1 aromatic carbocycles. The Kier molecular flexibility index (Phi) is 4.59. The third-order valence-corrected chi connectivity index (χ3v) is 6.17. The Labute approximate surface area is 173 Å². The van der Waals surface area contributed by atoms with Crippen LogP contribution in [0.25, 0.3) is 27.8 Å². The number of hydrogen-bond acceptors (Lipinski definition) is 4. The molecule has 0 aliphatic heterocycles. The monoisotopic (exact) mass is 407 g/mol. The Bertz CT molecular complexity index is 1250. The van der Waals surface area contributed by atoms with Crippen molar-refractivity contribution in [1.82, 2.24) is 24.4 Å². The Balaban J connectivity index is 1.72. The van der Waals surface area contributed by atoms with Crippen LogP contribution >= 0.6 is 11.6 Å². The first-order valence-corrected chi connectivity index (χ1v) is 10.6. The Hall–Kier alpha value is -2.73. The summed E-state index contributed by atoms with van der Waals surface area (Å²) in [5.74, 6) is 0. The minimum absolute atomic E-state index is 0.0783. The first-order valence-electron chi connectivity index (χ1n) is 10.2. The maximum atomic E-state index is 13.1. The smallest absolute Gasteiger partial charge is 0.280 e. The summed E-state index contributed by atoms with van der Waals surface area (Å²) in [6, 6.07) is 9.85. The zero-order valence-electron chi connectivity index (χ0n) is 16.3. The van der Waals surface area contributed by atoms with E-state index >= 15 is 0 Å². The van der Waals surface area contributed by atoms with Gasteiger partial charge in [0.25, 0.3) is 5.56 Å². The van der Waals surface area contributed by atoms with Crippen molar-refractivity contribution in [2.24, 2.45) is 0 Å². The van der Waals surface area contributed by atoms with Crippen LogP contribution in [0.15, 0.2) is 41.3 Å². The van der Waals surface area contributed by atoms with E-state index in [0.29, 0.717) is 21.7 Å². The van der Waals surface area contributed by atoms with Gasteiger partial charge in [-0.2, -0.15) is 5.10 Å². The molecule has 0 amide bonds. The molecule has 0 saturated heterocycles. The Morgan fingerprint density at radius 3 is 2.55 bits per heavy atom. The molecule has 7 heteroatoms. The van der Waals surface area contributed by atoms with Gasteiger partial charge in [-0.15, -0.1) is 10.2 Å². The number of aromatic nitrogens is 5. The van der Waals surface area contributed by atoms with E-state index in [-0.39, 0.29) is 11.6 Å². The van der Waals surface area contributed by atoms with Crippen molar-refractivity contribution in [1.29, 1.82) is 0 Å². The lowest BCUT2D eigenvalue weighted by molar-refractivity contribution is 0.347. The molecular formula is C22H22ClN5O. The lowest BCUT2D eigenvalue weighted by atomic mass is 9.95. The van der Waals surface area contributed by atoms with E-state index in [1.165, 1.54) is 19.3 Å². The van der Waals surface area contributed by atoms with Gasteiger partial charge in [-0.3, -0.25) is 4.79 Å². The average Bonchev–Trinajstić information content (AvgIpc) is 3.14. The van der Waals surface area contributed by atoms with E-state index in [9.17, 15) is 4.79 Å². The molecule has 0 spiro atoms. The largest absolute Gasteiger partial charge is 0.310 e. The minimum atomic E-state index is -0.0783. The summed E-state index contributed by atoms with van der Waals surface area (Å²) >= 11 is 6.05. The van der Waals surface area contributed by atoms with Gasteiger partial charge in [0, 0.05) is 17.3 Å². The number of halogens is 1. The maximum Gasteiger partial charge on any atom is 0.280 e. The highest BCUT2D eigenvalue weighted by Crippen LogP contribution is 2.31. The molecule has 3 aromatic heterocycles. The number of fused-ring (bicyclic) bond motifs is 3. The first kappa shape index (κ1) is 18.3. The van der Waals surface area contributed by atoms with Gasteiger partial charge in [0.15, 0.2) is 11.2 Å². The lowest BCUT2D eigenvalue weighted by Crippen LogP contribution is -2.27. The number of hydrogen-bond donors (Lipinski definition) is 0. The molecule has 0 radical (unpaired) electrons. The quantitative estimate of drug-likeness (QED) is 0.488. The second-order valence-corrected chi connectivity index (χ2v) is 8.11. The van der Waals surface area contributed by atoms with Crippen LogP contribution in [0, 0.1) is 0 Å². The minimum Gasteiger partial charge on any atom is -0.310 e. The molecule has 5 rings (SSSR count). The third-order valence-electron chi connectivity index (χ3n) is 5.92. The fourth-order valence-corrected chi connectivity index (χ4v) is 4.54. The van der Waals surface area contributed by atoms with Gasteiger partial charge in [0.05, 0.1) is 11.3 Å². The predicted octanol–water partition coefficient (Wildman–Crippen LogP) is 4.83. The fourth-order valence-electron chi connectivity index (χ4n) is 4.41. The van der Waals surface area contributed by atoms with Crippen molar-refractivity contribution in [2.75, 3.05) is 0 Å². The molecule has 1 aliphatic rings. The highest BCUT2D eigenvalue weighted by Gasteiger charge is 2.21. The average molecular weight is 408 g/mol. The number of aryl methyl sites for hydroxylation is 1. The van der Waals surface area contributed by atoms with Gasteiger partial charge in [-0.1, -0.05) is 49.9 Å². The number of benzene rings is 1. The summed E-state index contributed by atoms with van der Waals surface area (Å²) < 4.78 is 3.60. The lowest BCUT2D eigenvalue weighted by Gasteiger charge is -2.23. The topological polar surface area (TPSA) is 65.1 Å². The van der Waals surface area contributed by atoms with Crippen LogP contribution in [0.2, 0.25) is 5.02 Å². The predicted molar refractivity (Wildman–Crippen MR) is 114 cm³/mol. The summed E-state index contributed by atoms with van der Waals surface area (Å²) in [4.78, 5) is 13.1. The van der Waals surface area contributed by atoms with Crippen molar-refractivity contribution in [3.63, 3.8) is 0 Å². The molecule has 3 heterocycles. The van der Waals surface area contributed by atoms with Crippen LogP contribution in [0.5, 0.6) is 0 Å². The van der Waals surface area contributed by atoms with Crippen LogP contribution in [-0.4, -0.2) is 24.4 Å². The molecule has 4 aromatic rings. The van der Waals surface area contributed by atoms with Crippen LogP contribution < -0.4 is 5.56 Å². The van der Waals surface area contributed by atoms with Crippen molar-refractivity contribution in [2.45, 2.75) is 51.5 Å². The molecular weight excluding hydrogens is 386 g/mol. The molecule has 0 bridgehead atoms. The first-order chi connectivity index (χ1) is 14.2. The van der Waals surface area contributed by atoms with E-state index in [4.69, 9.17) is 16.7 Å². The van der Waals surface area contributed by atoms with Crippen molar-refractivity contribution in [3.05, 3.63) is 57.6 Å². The molecule has 6 nitrogen and oxygen atoms in total. The second-order valence-electron chi connectivity index (χ2n) is 7.67.